The summed E-state index contributed by atoms with van der Waals surface area (Å²) in [5, 5.41) is 1.000. The highest BCUT2D eigenvalue weighted by Crippen LogP contribution is 2.24. The van der Waals surface area contributed by atoms with Gasteiger partial charge in [-0.2, -0.15) is 0 Å². The topological polar surface area (TPSA) is 17.1 Å². The first kappa shape index (κ1) is 10.6. The first-order valence-corrected chi connectivity index (χ1v) is 9.64. The first-order valence-electron chi connectivity index (χ1n) is 4.49. The maximum absolute atomic E-state index is 11.8. The first-order chi connectivity index (χ1) is 5.99. The number of benzene rings is 1. The summed E-state index contributed by atoms with van der Waals surface area (Å²) in [6, 6.07) is 9.78. The van der Waals surface area contributed by atoms with Crippen LogP contribution in [-0.2, 0) is 4.57 Å². The minimum Gasteiger partial charge on any atom is -0.0685 e. The van der Waals surface area contributed by atoms with Crippen LogP contribution in [0.2, 0.25) is 19.6 Å². The molecule has 0 aliphatic rings. The average Bonchev–Trinajstić information content (AvgIpc) is 2.03. The Hall–Kier alpha value is -0.463. The maximum atomic E-state index is 11.8. The minimum atomic E-state index is -1.19. The highest BCUT2D eigenvalue weighted by Gasteiger charge is 2.28. The molecule has 3 heteroatoms. The van der Waals surface area contributed by atoms with E-state index in [9.17, 15) is 4.57 Å². The molecule has 1 unspecified atom stereocenters. The van der Waals surface area contributed by atoms with E-state index in [0.29, 0.717) is 0 Å². The molecule has 0 spiro atoms. The van der Waals surface area contributed by atoms with Crippen molar-refractivity contribution in [1.29, 1.82) is 0 Å². The molecule has 70 valence electrons. The van der Waals surface area contributed by atoms with Gasteiger partial charge in [0.1, 0.15) is 13.9 Å². The highest BCUT2D eigenvalue weighted by molar-refractivity contribution is 7.56. The van der Waals surface area contributed by atoms with Gasteiger partial charge in [-0.15, -0.1) is 0 Å². The van der Waals surface area contributed by atoms with Crippen LogP contribution in [0.1, 0.15) is 0 Å². The second-order valence-electron chi connectivity index (χ2n) is 4.43. The molecule has 0 fully saturated rings. The molecule has 1 rings (SSSR count). The van der Waals surface area contributed by atoms with E-state index in [1.54, 1.807) is 0 Å². The Morgan fingerprint density at radius 1 is 1.15 bits per heavy atom. The molecule has 0 heterocycles. The monoisotopic (exact) mass is 211 g/mol. The van der Waals surface area contributed by atoms with E-state index in [-0.39, 0.29) is 0 Å². The lowest BCUT2D eigenvalue weighted by Crippen LogP contribution is -2.25. The summed E-state index contributed by atoms with van der Waals surface area (Å²) in [6.07, 6.45) is 0. The Balaban J connectivity index is 2.71. The predicted octanol–water partition coefficient (Wildman–Crippen LogP) is 3.02. The van der Waals surface area contributed by atoms with Crippen LogP contribution in [0.5, 0.6) is 0 Å². The molecule has 0 aromatic heterocycles. The number of hydrogen-bond acceptors (Lipinski definition) is 1. The van der Waals surface area contributed by atoms with Crippen molar-refractivity contribution in [2.24, 2.45) is 0 Å². The van der Waals surface area contributed by atoms with Crippen molar-refractivity contribution in [3.8, 4) is 0 Å². The second-order valence-corrected chi connectivity index (χ2v) is 12.1. The van der Waals surface area contributed by atoms with Gasteiger partial charge in [0.2, 0.25) is 0 Å². The normalized spacial score (nSPS) is 12.7. The van der Waals surface area contributed by atoms with Gasteiger partial charge in [-0.05, 0) is 12.1 Å². The Bertz CT molecular complexity index is 290. The molecule has 0 amide bonds. The van der Waals surface area contributed by atoms with Crippen LogP contribution >= 0.6 is 7.80 Å². The van der Waals surface area contributed by atoms with Crippen molar-refractivity contribution in [3.63, 3.8) is 0 Å². The lowest BCUT2D eigenvalue weighted by Gasteiger charge is -2.06. The van der Waals surface area contributed by atoms with Crippen LogP contribution in [0.3, 0.4) is 0 Å². The van der Waals surface area contributed by atoms with Gasteiger partial charge in [0, 0.05) is 0 Å². The lowest BCUT2D eigenvalue weighted by atomic mass is 10.4. The molecule has 0 saturated carbocycles. The summed E-state index contributed by atoms with van der Waals surface area (Å²) in [4.78, 5) is 0. The molecule has 1 aromatic carbocycles. The summed E-state index contributed by atoms with van der Waals surface area (Å²) in [6.45, 7) is 6.76. The lowest BCUT2D eigenvalue weighted by molar-refractivity contribution is 0.595. The van der Waals surface area contributed by atoms with Crippen LogP contribution in [0.25, 0.3) is 0 Å². The molecule has 0 aliphatic carbocycles. The second kappa shape index (κ2) is 4.16. The van der Waals surface area contributed by atoms with Crippen molar-refractivity contribution < 1.29 is 4.57 Å². The van der Waals surface area contributed by atoms with Crippen molar-refractivity contribution in [3.05, 3.63) is 30.3 Å². The third-order valence-corrected chi connectivity index (χ3v) is 7.48. The zero-order valence-corrected chi connectivity index (χ0v) is 10.3. The highest BCUT2D eigenvalue weighted by atomic mass is 31.1. The molecule has 1 aromatic rings. The molecule has 0 saturated heterocycles. The van der Waals surface area contributed by atoms with E-state index in [0.717, 1.165) is 11.1 Å². The Kier molecular flexibility index (Phi) is 3.40. The predicted molar refractivity (Wildman–Crippen MR) is 61.9 cm³/mol. The molecular weight excluding hydrogens is 195 g/mol. The fraction of sp³-hybridized carbons (Fsp3) is 0.400. The summed E-state index contributed by atoms with van der Waals surface area (Å²) in [5.74, 6) is 0.895. The SMILES string of the molecule is C[Si](C)(C)C[P+](=O)c1ccccc1. The van der Waals surface area contributed by atoms with Gasteiger partial charge in [-0.1, -0.05) is 42.4 Å². The fourth-order valence-corrected chi connectivity index (χ4v) is 5.80. The Labute approximate surface area is 82.0 Å². The zero-order valence-electron chi connectivity index (χ0n) is 8.45. The molecule has 13 heavy (non-hydrogen) atoms. The molecule has 0 N–H and O–H groups in total. The summed E-state index contributed by atoms with van der Waals surface area (Å²) in [7, 11) is -2.34. The van der Waals surface area contributed by atoms with E-state index in [1.807, 2.05) is 30.3 Å². The molecule has 0 radical (unpaired) electrons. The van der Waals surface area contributed by atoms with E-state index < -0.39 is 15.9 Å². The quantitative estimate of drug-likeness (QED) is 0.555. The molecule has 0 bridgehead atoms. The molecular formula is C10H16OPSi+. The standard InChI is InChI=1S/C10H16OPSi/c1-13(2,3)9-12(11)10-7-5-4-6-8-10/h4-8H,9H2,1-3H3/q+1. The van der Waals surface area contributed by atoms with Gasteiger partial charge >= 0.3 is 7.80 Å². The van der Waals surface area contributed by atoms with Gasteiger partial charge in [-0.25, -0.2) is 0 Å². The molecule has 1 atom stereocenters. The van der Waals surface area contributed by atoms with E-state index >= 15 is 0 Å². The van der Waals surface area contributed by atoms with Crippen LogP contribution in [0.15, 0.2) is 30.3 Å². The van der Waals surface area contributed by atoms with Gasteiger partial charge in [0.15, 0.2) is 5.30 Å². The molecule has 1 nitrogen and oxygen atoms in total. The Morgan fingerprint density at radius 3 is 2.15 bits per heavy atom. The average molecular weight is 211 g/mol. The van der Waals surface area contributed by atoms with Crippen LogP contribution in [-0.4, -0.2) is 13.9 Å². The van der Waals surface area contributed by atoms with E-state index in [4.69, 9.17) is 0 Å². The van der Waals surface area contributed by atoms with E-state index in [2.05, 4.69) is 19.6 Å². The zero-order chi connectivity index (χ0) is 9.90. The van der Waals surface area contributed by atoms with Gasteiger partial charge < -0.3 is 0 Å². The van der Waals surface area contributed by atoms with Gasteiger partial charge in [-0.3, -0.25) is 0 Å². The van der Waals surface area contributed by atoms with Crippen LogP contribution in [0, 0.1) is 0 Å². The molecule has 0 aliphatic heterocycles. The number of hydrogen-bond donors (Lipinski definition) is 0. The summed E-state index contributed by atoms with van der Waals surface area (Å²) >= 11 is 0. The van der Waals surface area contributed by atoms with Gasteiger partial charge in [0.25, 0.3) is 0 Å². The minimum absolute atomic E-state index is 0.895. The van der Waals surface area contributed by atoms with E-state index in [1.165, 1.54) is 0 Å². The smallest absolute Gasteiger partial charge is 0.0685 e. The van der Waals surface area contributed by atoms with Crippen molar-refractivity contribution in [2.45, 2.75) is 19.6 Å². The summed E-state index contributed by atoms with van der Waals surface area (Å²) in [5.41, 5.74) is 0. The van der Waals surface area contributed by atoms with Crippen molar-refractivity contribution in [2.75, 3.05) is 5.79 Å². The fourth-order valence-electron chi connectivity index (χ4n) is 1.12. The third kappa shape index (κ3) is 3.84. The van der Waals surface area contributed by atoms with Crippen molar-refractivity contribution >= 4 is 21.2 Å². The maximum Gasteiger partial charge on any atom is 0.372 e. The van der Waals surface area contributed by atoms with Gasteiger partial charge in [0.05, 0.1) is 0 Å². The summed E-state index contributed by atoms with van der Waals surface area (Å²) < 4.78 is 11.8. The third-order valence-electron chi connectivity index (χ3n) is 1.66. The van der Waals surface area contributed by atoms with Crippen molar-refractivity contribution in [1.82, 2.24) is 0 Å². The van der Waals surface area contributed by atoms with Crippen LogP contribution in [0.4, 0.5) is 0 Å². The van der Waals surface area contributed by atoms with Crippen LogP contribution < -0.4 is 5.30 Å². The number of rotatable bonds is 3. The largest absolute Gasteiger partial charge is 0.372 e. The Morgan fingerprint density at radius 2 is 1.69 bits per heavy atom.